The van der Waals surface area contributed by atoms with Crippen molar-refractivity contribution in [2.24, 2.45) is 0 Å². The Bertz CT molecular complexity index is 629. The molecular formula is C40H76O4. The van der Waals surface area contributed by atoms with Gasteiger partial charge in [0.25, 0.3) is 0 Å². The lowest BCUT2D eigenvalue weighted by atomic mass is 10.0. The van der Waals surface area contributed by atoms with E-state index in [-0.39, 0.29) is 18.5 Å². The maximum absolute atomic E-state index is 12.6. The molecule has 44 heavy (non-hydrogen) atoms. The molecule has 0 aromatic rings. The molecule has 0 aromatic heterocycles. The van der Waals surface area contributed by atoms with Crippen molar-refractivity contribution in [2.75, 3.05) is 0 Å². The number of allylic oxidation sites excluding steroid dienone is 1. The summed E-state index contributed by atoms with van der Waals surface area (Å²) in [5.74, 6) is -0.777. The van der Waals surface area contributed by atoms with Gasteiger partial charge in [0.05, 0.1) is 0 Å². The fourth-order valence-corrected chi connectivity index (χ4v) is 6.04. The number of carbonyl (C=O) groups is 2. The third kappa shape index (κ3) is 35.2. The van der Waals surface area contributed by atoms with Gasteiger partial charge in [0, 0.05) is 12.8 Å². The van der Waals surface area contributed by atoms with E-state index < -0.39 is 5.97 Å². The average molecular weight is 621 g/mol. The van der Waals surface area contributed by atoms with Crippen LogP contribution in [0.15, 0.2) is 12.2 Å². The fraction of sp³-hybridized carbons (Fsp3) is 0.900. The minimum Gasteiger partial charge on any atom is -0.481 e. The summed E-state index contributed by atoms with van der Waals surface area (Å²) in [6.45, 7) is 4.54. The van der Waals surface area contributed by atoms with Crippen LogP contribution in [0.4, 0.5) is 0 Å². The van der Waals surface area contributed by atoms with Crippen molar-refractivity contribution in [3.05, 3.63) is 12.2 Å². The van der Waals surface area contributed by atoms with E-state index >= 15 is 0 Å². The monoisotopic (exact) mass is 621 g/mol. The normalized spacial score (nSPS) is 12.2. The van der Waals surface area contributed by atoms with Gasteiger partial charge >= 0.3 is 11.9 Å². The molecule has 0 aliphatic heterocycles. The third-order valence-corrected chi connectivity index (χ3v) is 8.97. The smallest absolute Gasteiger partial charge is 0.306 e. The molecular weight excluding hydrogens is 544 g/mol. The molecule has 0 spiro atoms. The first-order valence-corrected chi connectivity index (χ1v) is 19.7. The quantitative estimate of drug-likeness (QED) is 0.0430. The summed E-state index contributed by atoms with van der Waals surface area (Å²) in [5, 5.41) is 8.82. The lowest BCUT2D eigenvalue weighted by molar-refractivity contribution is -0.147. The molecule has 0 heterocycles. The van der Waals surface area contributed by atoms with Crippen molar-refractivity contribution < 1.29 is 19.4 Å². The first-order valence-electron chi connectivity index (χ1n) is 19.7. The van der Waals surface area contributed by atoms with Crippen molar-refractivity contribution in [1.29, 1.82) is 0 Å². The fourth-order valence-electron chi connectivity index (χ4n) is 6.04. The van der Waals surface area contributed by atoms with Gasteiger partial charge in [-0.05, 0) is 44.6 Å². The van der Waals surface area contributed by atoms with E-state index in [9.17, 15) is 9.59 Å². The second-order valence-corrected chi connectivity index (χ2v) is 13.5. The van der Waals surface area contributed by atoms with Gasteiger partial charge in [-0.3, -0.25) is 9.59 Å². The molecule has 0 aliphatic rings. The topological polar surface area (TPSA) is 63.6 Å². The Morgan fingerprint density at radius 1 is 0.500 bits per heavy atom. The number of rotatable bonds is 36. The number of carboxylic acid groups (broad SMARTS) is 1. The number of aliphatic carboxylic acids is 1. The Hall–Kier alpha value is -1.32. The van der Waals surface area contributed by atoms with Crippen molar-refractivity contribution in [3.63, 3.8) is 0 Å². The van der Waals surface area contributed by atoms with Crippen molar-refractivity contribution in [2.45, 2.75) is 232 Å². The molecule has 0 saturated carbocycles. The van der Waals surface area contributed by atoms with Gasteiger partial charge in [0.15, 0.2) is 0 Å². The van der Waals surface area contributed by atoms with Gasteiger partial charge in [0.2, 0.25) is 0 Å². The molecule has 0 bridgehead atoms. The van der Waals surface area contributed by atoms with Crippen LogP contribution in [0.3, 0.4) is 0 Å². The summed E-state index contributed by atoms with van der Waals surface area (Å²) in [7, 11) is 0. The van der Waals surface area contributed by atoms with Gasteiger partial charge in [0.1, 0.15) is 6.10 Å². The molecule has 0 saturated heterocycles. The van der Waals surface area contributed by atoms with Crippen LogP contribution >= 0.6 is 0 Å². The van der Waals surface area contributed by atoms with Crippen LogP contribution in [0.1, 0.15) is 226 Å². The molecule has 260 valence electrons. The van der Waals surface area contributed by atoms with Crippen LogP contribution in [0, 0.1) is 0 Å². The predicted molar refractivity (Wildman–Crippen MR) is 190 cm³/mol. The molecule has 4 heteroatoms. The summed E-state index contributed by atoms with van der Waals surface area (Å²) >= 11 is 0. The van der Waals surface area contributed by atoms with E-state index in [1.807, 2.05) is 0 Å². The first-order chi connectivity index (χ1) is 21.6. The zero-order chi connectivity index (χ0) is 32.2. The van der Waals surface area contributed by atoms with Gasteiger partial charge < -0.3 is 9.84 Å². The maximum atomic E-state index is 12.6. The number of hydrogen-bond acceptors (Lipinski definition) is 3. The Kier molecular flexibility index (Phi) is 35.1. The van der Waals surface area contributed by atoms with Gasteiger partial charge in [-0.2, -0.15) is 0 Å². The Morgan fingerprint density at radius 3 is 1.30 bits per heavy atom. The molecule has 0 radical (unpaired) electrons. The minimum atomic E-state index is -0.718. The molecule has 0 aromatic carbocycles. The Labute approximate surface area is 275 Å². The number of carbonyl (C=O) groups excluding carboxylic acids is 1. The summed E-state index contributed by atoms with van der Waals surface area (Å²) in [6.07, 6.45) is 43.9. The van der Waals surface area contributed by atoms with E-state index in [4.69, 9.17) is 9.84 Å². The molecule has 0 rings (SSSR count). The number of unbranched alkanes of at least 4 members (excludes halogenated alkanes) is 27. The second-order valence-electron chi connectivity index (χ2n) is 13.5. The highest BCUT2D eigenvalue weighted by Crippen LogP contribution is 2.17. The molecule has 1 N–H and O–H groups in total. The van der Waals surface area contributed by atoms with Crippen molar-refractivity contribution in [1.82, 2.24) is 0 Å². The number of carboxylic acids is 1. The predicted octanol–water partition coefficient (Wildman–Crippen LogP) is 13.5. The number of hydrogen-bond donors (Lipinski definition) is 1. The molecule has 1 unspecified atom stereocenters. The van der Waals surface area contributed by atoms with Crippen LogP contribution in [0.5, 0.6) is 0 Å². The molecule has 0 amide bonds. The standard InChI is InChI=1S/C40H76O4/c1-3-5-7-9-11-13-14-15-16-17-18-19-20-21-22-23-25-27-33-37-40(43)44-38(35-31-28-29-32-36-39(41)42)34-30-26-24-12-10-8-6-4-2/h30,34,38H,3-29,31-33,35-37H2,1-2H3,(H,41,42)/b34-30-. The largest absolute Gasteiger partial charge is 0.481 e. The van der Waals surface area contributed by atoms with Crippen molar-refractivity contribution >= 4 is 11.9 Å². The van der Waals surface area contributed by atoms with Crippen LogP contribution < -0.4 is 0 Å². The van der Waals surface area contributed by atoms with Gasteiger partial charge in [-0.15, -0.1) is 0 Å². The first kappa shape index (κ1) is 42.7. The van der Waals surface area contributed by atoms with Crippen LogP contribution in [0.2, 0.25) is 0 Å². The van der Waals surface area contributed by atoms with E-state index in [1.165, 1.54) is 148 Å². The van der Waals surface area contributed by atoms with Crippen LogP contribution in [-0.2, 0) is 14.3 Å². The number of esters is 1. The summed E-state index contributed by atoms with van der Waals surface area (Å²) in [4.78, 5) is 23.3. The highest BCUT2D eigenvalue weighted by molar-refractivity contribution is 5.69. The molecule has 1 atom stereocenters. The van der Waals surface area contributed by atoms with Gasteiger partial charge in [-0.1, -0.05) is 180 Å². The molecule has 0 aliphatic carbocycles. The van der Waals surface area contributed by atoms with Crippen LogP contribution in [0.25, 0.3) is 0 Å². The average Bonchev–Trinajstić information content (AvgIpc) is 3.01. The highest BCUT2D eigenvalue weighted by Gasteiger charge is 2.11. The SMILES string of the molecule is CCCCCCCC/C=C\C(CCCCCCC(=O)O)OC(=O)CCCCCCCCCCCCCCCCCCCCC. The summed E-state index contributed by atoms with van der Waals surface area (Å²) in [5.41, 5.74) is 0. The Balaban J connectivity index is 3.84. The second kappa shape index (κ2) is 36.2. The van der Waals surface area contributed by atoms with E-state index in [0.29, 0.717) is 6.42 Å². The lowest BCUT2D eigenvalue weighted by Gasteiger charge is -2.15. The van der Waals surface area contributed by atoms with Crippen LogP contribution in [-0.4, -0.2) is 23.1 Å². The van der Waals surface area contributed by atoms with E-state index in [2.05, 4.69) is 26.0 Å². The zero-order valence-electron chi connectivity index (χ0n) is 29.7. The van der Waals surface area contributed by atoms with E-state index in [1.54, 1.807) is 0 Å². The summed E-state index contributed by atoms with van der Waals surface area (Å²) in [6, 6.07) is 0. The van der Waals surface area contributed by atoms with Crippen molar-refractivity contribution in [3.8, 4) is 0 Å². The molecule has 4 nitrogen and oxygen atoms in total. The maximum Gasteiger partial charge on any atom is 0.306 e. The lowest BCUT2D eigenvalue weighted by Crippen LogP contribution is -2.16. The highest BCUT2D eigenvalue weighted by atomic mass is 16.5. The summed E-state index contributed by atoms with van der Waals surface area (Å²) < 4.78 is 5.87. The zero-order valence-corrected chi connectivity index (χ0v) is 29.7. The molecule has 0 fully saturated rings. The Morgan fingerprint density at radius 2 is 0.864 bits per heavy atom. The minimum absolute atomic E-state index is 0.0583. The van der Waals surface area contributed by atoms with E-state index in [0.717, 1.165) is 51.4 Å². The number of ether oxygens (including phenoxy) is 1. The van der Waals surface area contributed by atoms with Gasteiger partial charge in [-0.25, -0.2) is 0 Å². The third-order valence-electron chi connectivity index (χ3n) is 8.97.